The predicted molar refractivity (Wildman–Crippen MR) is 100 cm³/mol. The van der Waals surface area contributed by atoms with Gasteiger partial charge in [0.25, 0.3) is 0 Å². The number of hydrogen-bond donors (Lipinski definition) is 1. The highest BCUT2D eigenvalue weighted by atomic mass is 32.1. The summed E-state index contributed by atoms with van der Waals surface area (Å²) >= 11 is 1.46. The molecule has 1 N–H and O–H groups in total. The normalized spacial score (nSPS) is 18.2. The van der Waals surface area contributed by atoms with Gasteiger partial charge in [0.05, 0.1) is 17.4 Å². The first-order valence-electron chi connectivity index (χ1n) is 8.79. The number of rotatable bonds is 5. The van der Waals surface area contributed by atoms with Gasteiger partial charge in [-0.05, 0) is 32.4 Å². The van der Waals surface area contributed by atoms with E-state index >= 15 is 0 Å². The van der Waals surface area contributed by atoms with Crippen LogP contribution in [0, 0.1) is 6.92 Å². The van der Waals surface area contributed by atoms with Crippen molar-refractivity contribution in [1.29, 1.82) is 0 Å². The zero-order valence-electron chi connectivity index (χ0n) is 15.0. The van der Waals surface area contributed by atoms with Crippen LogP contribution >= 0.6 is 11.3 Å². The molecule has 1 aliphatic heterocycles. The van der Waals surface area contributed by atoms with E-state index in [1.165, 1.54) is 29.9 Å². The Morgan fingerprint density at radius 3 is 3.00 bits per heavy atom. The van der Waals surface area contributed by atoms with E-state index < -0.39 is 0 Å². The van der Waals surface area contributed by atoms with Gasteiger partial charge in [-0.3, -0.25) is 9.58 Å². The van der Waals surface area contributed by atoms with Crippen molar-refractivity contribution >= 4 is 22.3 Å². The van der Waals surface area contributed by atoms with Crippen LogP contribution in [-0.2, 0) is 13.6 Å². The molecule has 0 spiro atoms. The van der Waals surface area contributed by atoms with E-state index in [4.69, 9.17) is 4.98 Å². The molecule has 136 valence electrons. The molecule has 3 aromatic rings. The molecule has 1 unspecified atom stereocenters. The predicted octanol–water partition coefficient (Wildman–Crippen LogP) is 2.84. The lowest BCUT2D eigenvalue weighted by Crippen LogP contribution is -2.34. The van der Waals surface area contributed by atoms with E-state index in [2.05, 4.69) is 36.6 Å². The summed E-state index contributed by atoms with van der Waals surface area (Å²) in [6.07, 6.45) is 5.39. The first-order valence-corrected chi connectivity index (χ1v) is 9.67. The van der Waals surface area contributed by atoms with Crippen LogP contribution in [0.1, 0.15) is 42.5 Å². The van der Waals surface area contributed by atoms with Crippen LogP contribution in [0.2, 0.25) is 0 Å². The van der Waals surface area contributed by atoms with Crippen molar-refractivity contribution < 1.29 is 0 Å². The van der Waals surface area contributed by atoms with Crippen LogP contribution in [0.5, 0.6) is 0 Å². The number of aromatic nitrogens is 6. The monoisotopic (exact) mass is 370 g/mol. The smallest absolute Gasteiger partial charge is 0.210 e. The van der Waals surface area contributed by atoms with E-state index in [0.717, 1.165) is 42.0 Å². The average Bonchev–Trinajstić information content (AvgIpc) is 3.27. The molecule has 3 aromatic heterocycles. The number of nitrogens with one attached hydrogen (secondary N) is 1. The number of hydrogen-bond acceptors (Lipinski definition) is 8. The Morgan fingerprint density at radius 1 is 1.31 bits per heavy atom. The van der Waals surface area contributed by atoms with E-state index in [1.807, 2.05) is 30.9 Å². The quantitative estimate of drug-likeness (QED) is 0.739. The Morgan fingerprint density at radius 2 is 2.23 bits per heavy atom. The van der Waals surface area contributed by atoms with Crippen molar-refractivity contribution in [2.24, 2.45) is 7.05 Å². The lowest BCUT2D eigenvalue weighted by atomic mass is 9.98. The lowest BCUT2D eigenvalue weighted by molar-refractivity contribution is 0.133. The summed E-state index contributed by atoms with van der Waals surface area (Å²) in [6, 6.07) is 4.41. The second-order valence-corrected chi connectivity index (χ2v) is 7.36. The largest absolute Gasteiger partial charge is 0.315 e. The standard InChI is InChI=1S/C17H22N8S/c1-12-20-14(9-16(21-12)22-17-23-18-11-26-17)15-5-3-4-8-25(15)10-13-6-7-19-24(13)2/h6-7,9,11,15H,3-5,8,10H2,1-2H3,(H,20,21,22,23). The van der Waals surface area contributed by atoms with E-state index in [0.29, 0.717) is 0 Å². The highest BCUT2D eigenvalue weighted by molar-refractivity contribution is 7.13. The van der Waals surface area contributed by atoms with Crippen LogP contribution in [0.4, 0.5) is 10.9 Å². The van der Waals surface area contributed by atoms with E-state index in [-0.39, 0.29) is 6.04 Å². The summed E-state index contributed by atoms with van der Waals surface area (Å²) in [5, 5.41) is 16.2. The van der Waals surface area contributed by atoms with Gasteiger partial charge in [0, 0.05) is 25.9 Å². The van der Waals surface area contributed by atoms with Crippen molar-refractivity contribution in [2.45, 2.75) is 38.8 Å². The maximum Gasteiger partial charge on any atom is 0.210 e. The second-order valence-electron chi connectivity index (χ2n) is 6.52. The summed E-state index contributed by atoms with van der Waals surface area (Å²) in [7, 11) is 1.99. The second kappa shape index (κ2) is 7.46. The Bertz CT molecular complexity index is 860. The van der Waals surface area contributed by atoms with Gasteiger partial charge in [-0.25, -0.2) is 9.97 Å². The van der Waals surface area contributed by atoms with Gasteiger partial charge in [0.2, 0.25) is 5.13 Å². The van der Waals surface area contributed by atoms with Gasteiger partial charge in [-0.15, -0.1) is 10.2 Å². The SMILES string of the molecule is Cc1nc(Nc2nncs2)cc(C2CCCCN2Cc2ccnn2C)n1. The number of anilines is 2. The Hall–Kier alpha value is -2.39. The van der Waals surface area contributed by atoms with Crippen molar-refractivity contribution in [3.8, 4) is 0 Å². The number of nitrogens with zero attached hydrogens (tertiary/aromatic N) is 7. The molecule has 8 nitrogen and oxygen atoms in total. The van der Waals surface area contributed by atoms with Crippen molar-refractivity contribution in [1.82, 2.24) is 34.8 Å². The lowest BCUT2D eigenvalue weighted by Gasteiger charge is -2.35. The van der Waals surface area contributed by atoms with Crippen molar-refractivity contribution in [2.75, 3.05) is 11.9 Å². The topological polar surface area (TPSA) is 84.7 Å². The van der Waals surface area contributed by atoms with Gasteiger partial charge < -0.3 is 5.32 Å². The maximum absolute atomic E-state index is 4.74. The Kier molecular flexibility index (Phi) is 4.89. The summed E-state index contributed by atoms with van der Waals surface area (Å²) < 4.78 is 1.94. The van der Waals surface area contributed by atoms with Gasteiger partial charge >= 0.3 is 0 Å². The summed E-state index contributed by atoms with van der Waals surface area (Å²) in [6.45, 7) is 3.88. The number of aryl methyl sites for hydroxylation is 2. The highest BCUT2D eigenvalue weighted by Gasteiger charge is 2.26. The van der Waals surface area contributed by atoms with Crippen LogP contribution in [0.3, 0.4) is 0 Å². The third kappa shape index (κ3) is 3.73. The minimum atomic E-state index is 0.287. The summed E-state index contributed by atoms with van der Waals surface area (Å²) in [5.74, 6) is 1.54. The Labute approximate surface area is 156 Å². The molecule has 0 radical (unpaired) electrons. The molecule has 1 saturated heterocycles. The van der Waals surface area contributed by atoms with Crippen LogP contribution in [-0.4, -0.2) is 41.4 Å². The number of likely N-dealkylation sites (tertiary alicyclic amines) is 1. The molecule has 1 atom stereocenters. The highest BCUT2D eigenvalue weighted by Crippen LogP contribution is 2.32. The molecule has 26 heavy (non-hydrogen) atoms. The molecule has 0 amide bonds. The van der Waals surface area contributed by atoms with Gasteiger partial charge in [0.1, 0.15) is 17.2 Å². The minimum absolute atomic E-state index is 0.287. The van der Waals surface area contributed by atoms with E-state index in [9.17, 15) is 0 Å². The summed E-state index contributed by atoms with van der Waals surface area (Å²) in [5.41, 5.74) is 3.98. The van der Waals surface area contributed by atoms with Gasteiger partial charge in [-0.1, -0.05) is 17.8 Å². The first-order chi connectivity index (χ1) is 12.7. The zero-order chi connectivity index (χ0) is 17.9. The molecule has 9 heteroatoms. The van der Waals surface area contributed by atoms with Crippen LogP contribution < -0.4 is 5.32 Å². The van der Waals surface area contributed by atoms with Gasteiger partial charge in [-0.2, -0.15) is 5.10 Å². The fourth-order valence-corrected chi connectivity index (χ4v) is 3.89. The minimum Gasteiger partial charge on any atom is -0.315 e. The fourth-order valence-electron chi connectivity index (χ4n) is 3.44. The molecule has 0 bridgehead atoms. The first kappa shape index (κ1) is 17.0. The molecule has 0 aliphatic carbocycles. The van der Waals surface area contributed by atoms with Crippen molar-refractivity contribution in [3.63, 3.8) is 0 Å². The summed E-state index contributed by atoms with van der Waals surface area (Å²) in [4.78, 5) is 11.7. The molecular weight excluding hydrogens is 348 g/mol. The molecule has 4 heterocycles. The third-order valence-corrected chi connectivity index (χ3v) is 5.30. The molecular formula is C17H22N8S. The average molecular weight is 370 g/mol. The molecule has 4 rings (SSSR count). The maximum atomic E-state index is 4.74. The molecule has 0 aromatic carbocycles. The third-order valence-electron chi connectivity index (χ3n) is 4.70. The van der Waals surface area contributed by atoms with Gasteiger partial charge in [0.15, 0.2) is 0 Å². The fraction of sp³-hybridized carbons (Fsp3) is 0.471. The molecule has 1 fully saturated rings. The number of piperidine rings is 1. The van der Waals surface area contributed by atoms with Crippen molar-refractivity contribution in [3.05, 3.63) is 41.1 Å². The zero-order valence-corrected chi connectivity index (χ0v) is 15.8. The Balaban J connectivity index is 1.59. The van der Waals surface area contributed by atoms with Crippen LogP contribution in [0.25, 0.3) is 0 Å². The molecule has 0 saturated carbocycles. The van der Waals surface area contributed by atoms with E-state index in [1.54, 1.807) is 5.51 Å². The molecule has 1 aliphatic rings. The van der Waals surface area contributed by atoms with Crippen LogP contribution in [0.15, 0.2) is 23.8 Å².